The Hall–Kier alpha value is -1.99. The predicted molar refractivity (Wildman–Crippen MR) is 94.4 cm³/mol. The lowest BCUT2D eigenvalue weighted by molar-refractivity contribution is -0.153. The summed E-state index contributed by atoms with van der Waals surface area (Å²) in [6.45, 7) is 2.57. The molecule has 0 radical (unpaired) electrons. The molecule has 0 saturated carbocycles. The molecule has 140 valence electrons. The number of ether oxygens (including phenoxy) is 4. The molecule has 2 N–H and O–H groups in total. The predicted octanol–water partition coefficient (Wildman–Crippen LogP) is 1.34. The molecule has 7 nitrogen and oxygen atoms in total. The Bertz CT molecular complexity index is 560. The molecule has 0 spiro atoms. The Balaban J connectivity index is 2.13. The van der Waals surface area contributed by atoms with E-state index in [4.69, 9.17) is 18.9 Å². The summed E-state index contributed by atoms with van der Waals surface area (Å²) in [5.74, 6) is 1.84. The molecule has 1 aliphatic rings. The minimum atomic E-state index is -0.542. The summed E-state index contributed by atoms with van der Waals surface area (Å²) < 4.78 is 21.2. The first-order chi connectivity index (χ1) is 12.1. The Morgan fingerprint density at radius 1 is 1.16 bits per heavy atom. The third kappa shape index (κ3) is 4.35. The molecule has 1 fully saturated rings. The lowest BCUT2D eigenvalue weighted by Crippen LogP contribution is -2.51. The third-order valence-electron chi connectivity index (χ3n) is 4.67. The molecule has 1 aromatic carbocycles. The second kappa shape index (κ2) is 8.92. The number of carbonyl (C=O) groups excluding carboxylic acids is 1. The standard InChI is InChI=1S/C18H28N2O5/c1-22-13-8-15(23-2)14(16(9-13)24-3)10-20-12-18(17(21)25-4)6-5-7-19-11-18/h8-9,19-20H,5-7,10-12H2,1-4H3. The van der Waals surface area contributed by atoms with Crippen LogP contribution >= 0.6 is 0 Å². The zero-order chi connectivity index (χ0) is 18.3. The summed E-state index contributed by atoms with van der Waals surface area (Å²) in [5, 5.41) is 6.67. The van der Waals surface area contributed by atoms with Gasteiger partial charge in [-0.25, -0.2) is 0 Å². The van der Waals surface area contributed by atoms with E-state index in [1.807, 2.05) is 12.1 Å². The summed E-state index contributed by atoms with van der Waals surface area (Å²) >= 11 is 0. The van der Waals surface area contributed by atoms with E-state index in [0.29, 0.717) is 36.9 Å². The van der Waals surface area contributed by atoms with Crippen molar-refractivity contribution >= 4 is 5.97 Å². The summed E-state index contributed by atoms with van der Waals surface area (Å²) in [6, 6.07) is 3.63. The van der Waals surface area contributed by atoms with Crippen LogP contribution in [0.4, 0.5) is 0 Å². The molecular weight excluding hydrogens is 324 g/mol. The largest absolute Gasteiger partial charge is 0.496 e. The van der Waals surface area contributed by atoms with Crippen LogP contribution in [0.25, 0.3) is 0 Å². The number of esters is 1. The highest BCUT2D eigenvalue weighted by Crippen LogP contribution is 2.34. The van der Waals surface area contributed by atoms with Crippen molar-refractivity contribution in [1.82, 2.24) is 10.6 Å². The number of carbonyl (C=O) groups is 1. The van der Waals surface area contributed by atoms with Gasteiger partial charge in [0.15, 0.2) is 0 Å². The molecule has 7 heteroatoms. The van der Waals surface area contributed by atoms with Crippen LogP contribution in [0.15, 0.2) is 12.1 Å². The minimum absolute atomic E-state index is 0.180. The van der Waals surface area contributed by atoms with E-state index in [9.17, 15) is 4.79 Å². The fraction of sp³-hybridized carbons (Fsp3) is 0.611. The number of hydrogen-bond donors (Lipinski definition) is 2. The third-order valence-corrected chi connectivity index (χ3v) is 4.67. The molecule has 1 heterocycles. The molecule has 1 aromatic rings. The van der Waals surface area contributed by atoms with Gasteiger partial charge in [0.1, 0.15) is 17.2 Å². The molecule has 1 aliphatic heterocycles. The fourth-order valence-electron chi connectivity index (χ4n) is 3.26. The topological polar surface area (TPSA) is 78.1 Å². The molecule has 1 saturated heterocycles. The van der Waals surface area contributed by atoms with Gasteiger partial charge < -0.3 is 29.6 Å². The Morgan fingerprint density at radius 2 is 1.84 bits per heavy atom. The molecule has 0 amide bonds. The van der Waals surface area contributed by atoms with Gasteiger partial charge in [0.25, 0.3) is 0 Å². The highest BCUT2D eigenvalue weighted by molar-refractivity contribution is 5.77. The summed E-state index contributed by atoms with van der Waals surface area (Å²) in [6.07, 6.45) is 1.75. The smallest absolute Gasteiger partial charge is 0.314 e. The van der Waals surface area contributed by atoms with Crippen molar-refractivity contribution in [2.45, 2.75) is 19.4 Å². The Kier molecular flexibility index (Phi) is 6.90. The van der Waals surface area contributed by atoms with E-state index in [0.717, 1.165) is 24.9 Å². The second-order valence-corrected chi connectivity index (χ2v) is 6.17. The molecule has 2 rings (SSSR count). The maximum absolute atomic E-state index is 12.3. The SMILES string of the molecule is COC(=O)C1(CNCc2c(OC)cc(OC)cc2OC)CCCNC1. The quantitative estimate of drug-likeness (QED) is 0.684. The second-order valence-electron chi connectivity index (χ2n) is 6.17. The normalized spacial score (nSPS) is 20.0. The van der Waals surface area contributed by atoms with Gasteiger partial charge >= 0.3 is 5.97 Å². The monoisotopic (exact) mass is 352 g/mol. The van der Waals surface area contributed by atoms with Crippen molar-refractivity contribution in [2.24, 2.45) is 5.41 Å². The number of rotatable bonds is 8. The molecular formula is C18H28N2O5. The highest BCUT2D eigenvalue weighted by atomic mass is 16.5. The van der Waals surface area contributed by atoms with E-state index in [2.05, 4.69) is 10.6 Å². The Morgan fingerprint density at radius 3 is 2.32 bits per heavy atom. The van der Waals surface area contributed by atoms with E-state index in [1.54, 1.807) is 21.3 Å². The van der Waals surface area contributed by atoms with Crippen molar-refractivity contribution < 1.29 is 23.7 Å². The van der Waals surface area contributed by atoms with Crippen molar-refractivity contribution in [3.05, 3.63) is 17.7 Å². The first-order valence-corrected chi connectivity index (χ1v) is 8.39. The number of piperidine rings is 1. The van der Waals surface area contributed by atoms with Crippen LogP contribution in [0.5, 0.6) is 17.2 Å². The van der Waals surface area contributed by atoms with Gasteiger partial charge in [0.05, 0.1) is 39.4 Å². The van der Waals surface area contributed by atoms with Crippen molar-refractivity contribution in [3.63, 3.8) is 0 Å². The molecule has 0 aliphatic carbocycles. The highest BCUT2D eigenvalue weighted by Gasteiger charge is 2.40. The molecule has 0 bridgehead atoms. The lowest BCUT2D eigenvalue weighted by Gasteiger charge is -2.35. The minimum Gasteiger partial charge on any atom is -0.496 e. The van der Waals surface area contributed by atoms with Gasteiger partial charge in [0, 0.05) is 31.8 Å². The number of nitrogens with one attached hydrogen (secondary N) is 2. The number of methoxy groups -OCH3 is 4. The zero-order valence-corrected chi connectivity index (χ0v) is 15.4. The van der Waals surface area contributed by atoms with Crippen LogP contribution in [0.3, 0.4) is 0 Å². The molecule has 1 unspecified atom stereocenters. The summed E-state index contributed by atoms with van der Waals surface area (Å²) in [7, 11) is 6.26. The number of hydrogen-bond acceptors (Lipinski definition) is 7. The van der Waals surface area contributed by atoms with Gasteiger partial charge in [-0.15, -0.1) is 0 Å². The van der Waals surface area contributed by atoms with Crippen LogP contribution < -0.4 is 24.8 Å². The van der Waals surface area contributed by atoms with E-state index in [-0.39, 0.29) is 5.97 Å². The molecule has 0 aromatic heterocycles. The average Bonchev–Trinajstić information content (AvgIpc) is 2.67. The van der Waals surface area contributed by atoms with Gasteiger partial charge in [-0.3, -0.25) is 4.79 Å². The van der Waals surface area contributed by atoms with Crippen LogP contribution in [0, 0.1) is 5.41 Å². The average molecular weight is 352 g/mol. The van der Waals surface area contributed by atoms with E-state index < -0.39 is 5.41 Å². The van der Waals surface area contributed by atoms with Crippen molar-refractivity contribution in [3.8, 4) is 17.2 Å². The summed E-state index contributed by atoms with van der Waals surface area (Å²) in [4.78, 5) is 12.3. The fourth-order valence-corrected chi connectivity index (χ4v) is 3.26. The van der Waals surface area contributed by atoms with Crippen LogP contribution in [-0.4, -0.2) is 54.0 Å². The van der Waals surface area contributed by atoms with Crippen molar-refractivity contribution in [1.29, 1.82) is 0 Å². The first kappa shape index (κ1) is 19.3. The Labute approximate surface area is 149 Å². The van der Waals surface area contributed by atoms with Gasteiger partial charge in [-0.1, -0.05) is 0 Å². The molecule has 1 atom stereocenters. The maximum Gasteiger partial charge on any atom is 0.314 e. The van der Waals surface area contributed by atoms with E-state index >= 15 is 0 Å². The lowest BCUT2D eigenvalue weighted by atomic mass is 9.80. The van der Waals surface area contributed by atoms with Crippen molar-refractivity contribution in [2.75, 3.05) is 48.1 Å². The van der Waals surface area contributed by atoms with Gasteiger partial charge in [0.2, 0.25) is 0 Å². The van der Waals surface area contributed by atoms with Crippen LogP contribution in [-0.2, 0) is 16.1 Å². The summed E-state index contributed by atoms with van der Waals surface area (Å²) in [5.41, 5.74) is 0.342. The number of benzene rings is 1. The maximum atomic E-state index is 12.3. The van der Waals surface area contributed by atoms with Gasteiger partial charge in [-0.2, -0.15) is 0 Å². The van der Waals surface area contributed by atoms with E-state index in [1.165, 1.54) is 7.11 Å². The first-order valence-electron chi connectivity index (χ1n) is 8.39. The zero-order valence-electron chi connectivity index (χ0n) is 15.4. The molecule has 25 heavy (non-hydrogen) atoms. The van der Waals surface area contributed by atoms with Gasteiger partial charge in [-0.05, 0) is 19.4 Å². The van der Waals surface area contributed by atoms with Crippen LogP contribution in [0.1, 0.15) is 18.4 Å². The van der Waals surface area contributed by atoms with Crippen LogP contribution in [0.2, 0.25) is 0 Å².